The van der Waals surface area contributed by atoms with Crippen molar-refractivity contribution in [2.45, 2.75) is 6.54 Å². The van der Waals surface area contributed by atoms with E-state index < -0.39 is 5.95 Å². The molecule has 0 radical (unpaired) electrons. The predicted molar refractivity (Wildman–Crippen MR) is 63.0 cm³/mol. The fourth-order valence-corrected chi connectivity index (χ4v) is 1.55. The number of halogens is 2. The summed E-state index contributed by atoms with van der Waals surface area (Å²) in [7, 11) is 0. The van der Waals surface area contributed by atoms with Crippen LogP contribution in [-0.4, -0.2) is 4.98 Å². The van der Waals surface area contributed by atoms with Crippen LogP contribution in [0.4, 0.5) is 10.1 Å². The predicted octanol–water partition coefficient (Wildman–Crippen LogP) is 3.49. The molecule has 0 saturated heterocycles. The second kappa shape index (κ2) is 4.94. The standard InChI is InChI=1S/C12H10ClFN2/c13-11-4-2-1-3-9(11)8-16-10-5-6-15-12(14)7-10/h1-7H,8H2,(H,15,16). The molecule has 82 valence electrons. The average molecular weight is 237 g/mol. The fraction of sp³-hybridized carbons (Fsp3) is 0.0833. The molecule has 1 aromatic heterocycles. The van der Waals surface area contributed by atoms with Gasteiger partial charge < -0.3 is 5.32 Å². The van der Waals surface area contributed by atoms with E-state index in [1.165, 1.54) is 12.3 Å². The van der Waals surface area contributed by atoms with E-state index >= 15 is 0 Å². The topological polar surface area (TPSA) is 24.9 Å². The minimum Gasteiger partial charge on any atom is -0.381 e. The molecular formula is C12H10ClFN2. The molecule has 0 aliphatic carbocycles. The van der Waals surface area contributed by atoms with Gasteiger partial charge in [-0.25, -0.2) is 4.98 Å². The molecule has 16 heavy (non-hydrogen) atoms. The summed E-state index contributed by atoms with van der Waals surface area (Å²) in [6, 6.07) is 10.6. The summed E-state index contributed by atoms with van der Waals surface area (Å²) < 4.78 is 12.8. The van der Waals surface area contributed by atoms with Crippen molar-refractivity contribution in [3.05, 3.63) is 59.1 Å². The highest BCUT2D eigenvalue weighted by Crippen LogP contribution is 2.16. The van der Waals surface area contributed by atoms with E-state index in [1.807, 2.05) is 24.3 Å². The maximum Gasteiger partial charge on any atom is 0.214 e. The molecule has 0 aliphatic heterocycles. The number of hydrogen-bond donors (Lipinski definition) is 1. The van der Waals surface area contributed by atoms with E-state index in [0.717, 1.165) is 5.56 Å². The quantitative estimate of drug-likeness (QED) is 0.826. The van der Waals surface area contributed by atoms with Crippen molar-refractivity contribution in [3.63, 3.8) is 0 Å². The molecule has 0 bridgehead atoms. The second-order valence-electron chi connectivity index (χ2n) is 3.31. The number of benzene rings is 1. The molecule has 2 aromatic rings. The molecule has 2 nitrogen and oxygen atoms in total. The van der Waals surface area contributed by atoms with Crippen molar-refractivity contribution >= 4 is 17.3 Å². The van der Waals surface area contributed by atoms with Crippen molar-refractivity contribution in [2.24, 2.45) is 0 Å². The summed E-state index contributed by atoms with van der Waals surface area (Å²) in [4.78, 5) is 3.48. The van der Waals surface area contributed by atoms with Crippen LogP contribution >= 0.6 is 11.6 Å². The third-order valence-corrected chi connectivity index (χ3v) is 2.54. The molecular weight excluding hydrogens is 227 g/mol. The zero-order chi connectivity index (χ0) is 11.4. The van der Waals surface area contributed by atoms with Crippen molar-refractivity contribution < 1.29 is 4.39 Å². The fourth-order valence-electron chi connectivity index (χ4n) is 1.35. The van der Waals surface area contributed by atoms with Gasteiger partial charge in [0.25, 0.3) is 0 Å². The van der Waals surface area contributed by atoms with Crippen LogP contribution in [0.2, 0.25) is 5.02 Å². The highest BCUT2D eigenvalue weighted by molar-refractivity contribution is 6.31. The van der Waals surface area contributed by atoms with Crippen LogP contribution in [-0.2, 0) is 6.54 Å². The maximum atomic E-state index is 12.8. The molecule has 0 atom stereocenters. The Hall–Kier alpha value is -1.61. The van der Waals surface area contributed by atoms with E-state index in [4.69, 9.17) is 11.6 Å². The Labute approximate surface area is 98.1 Å². The normalized spacial score (nSPS) is 10.1. The van der Waals surface area contributed by atoms with Gasteiger partial charge in [0, 0.05) is 29.5 Å². The number of nitrogens with zero attached hydrogens (tertiary/aromatic N) is 1. The third kappa shape index (κ3) is 2.70. The monoisotopic (exact) mass is 236 g/mol. The van der Waals surface area contributed by atoms with Crippen LogP contribution in [0.3, 0.4) is 0 Å². The van der Waals surface area contributed by atoms with Gasteiger partial charge in [-0.05, 0) is 17.7 Å². The summed E-state index contributed by atoms with van der Waals surface area (Å²) in [5.74, 6) is -0.496. The number of anilines is 1. The van der Waals surface area contributed by atoms with Gasteiger partial charge in [-0.1, -0.05) is 29.8 Å². The van der Waals surface area contributed by atoms with Crippen LogP contribution in [0, 0.1) is 5.95 Å². The van der Waals surface area contributed by atoms with Gasteiger partial charge in [-0.15, -0.1) is 0 Å². The first-order valence-corrected chi connectivity index (χ1v) is 5.22. The first kappa shape index (κ1) is 10.9. The Morgan fingerprint density at radius 3 is 2.81 bits per heavy atom. The molecule has 0 fully saturated rings. The van der Waals surface area contributed by atoms with Crippen molar-refractivity contribution in [2.75, 3.05) is 5.32 Å². The smallest absolute Gasteiger partial charge is 0.214 e. The Bertz CT molecular complexity index is 488. The van der Waals surface area contributed by atoms with Crippen LogP contribution < -0.4 is 5.32 Å². The summed E-state index contributed by atoms with van der Waals surface area (Å²) in [5, 5.41) is 3.78. The lowest BCUT2D eigenvalue weighted by Gasteiger charge is -2.07. The Morgan fingerprint density at radius 1 is 1.25 bits per heavy atom. The van der Waals surface area contributed by atoms with Crippen molar-refractivity contribution in [3.8, 4) is 0 Å². The zero-order valence-electron chi connectivity index (χ0n) is 8.45. The van der Waals surface area contributed by atoms with Crippen LogP contribution in [0.1, 0.15) is 5.56 Å². The van der Waals surface area contributed by atoms with Gasteiger partial charge >= 0.3 is 0 Å². The van der Waals surface area contributed by atoms with E-state index in [0.29, 0.717) is 17.3 Å². The van der Waals surface area contributed by atoms with Gasteiger partial charge in [0.05, 0.1) is 0 Å². The maximum absolute atomic E-state index is 12.8. The molecule has 0 spiro atoms. The second-order valence-corrected chi connectivity index (χ2v) is 3.72. The van der Waals surface area contributed by atoms with Gasteiger partial charge in [0.15, 0.2) is 0 Å². The summed E-state index contributed by atoms with van der Waals surface area (Å²) >= 11 is 6.00. The lowest BCUT2D eigenvalue weighted by molar-refractivity contribution is 0.584. The van der Waals surface area contributed by atoms with Gasteiger partial charge in [-0.2, -0.15) is 4.39 Å². The van der Waals surface area contributed by atoms with Crippen LogP contribution in [0.5, 0.6) is 0 Å². The highest BCUT2D eigenvalue weighted by Gasteiger charge is 1.99. The number of hydrogen-bond acceptors (Lipinski definition) is 2. The van der Waals surface area contributed by atoms with Gasteiger partial charge in [0.1, 0.15) is 0 Å². The molecule has 1 heterocycles. The first-order valence-electron chi connectivity index (χ1n) is 4.84. The number of rotatable bonds is 3. The number of aromatic nitrogens is 1. The van der Waals surface area contributed by atoms with E-state index in [-0.39, 0.29) is 0 Å². The molecule has 4 heteroatoms. The van der Waals surface area contributed by atoms with E-state index in [9.17, 15) is 4.39 Å². The Kier molecular flexibility index (Phi) is 3.37. The SMILES string of the molecule is Fc1cc(NCc2ccccc2Cl)ccn1. The molecule has 0 saturated carbocycles. The summed E-state index contributed by atoms with van der Waals surface area (Å²) in [6.45, 7) is 0.559. The lowest BCUT2D eigenvalue weighted by atomic mass is 10.2. The third-order valence-electron chi connectivity index (χ3n) is 2.17. The van der Waals surface area contributed by atoms with E-state index in [1.54, 1.807) is 6.07 Å². The molecule has 1 aromatic carbocycles. The Balaban J connectivity index is 2.05. The van der Waals surface area contributed by atoms with Gasteiger partial charge in [-0.3, -0.25) is 0 Å². The molecule has 0 aliphatic rings. The van der Waals surface area contributed by atoms with Crippen LogP contribution in [0.15, 0.2) is 42.6 Å². The minimum atomic E-state index is -0.496. The lowest BCUT2D eigenvalue weighted by Crippen LogP contribution is -2.00. The van der Waals surface area contributed by atoms with Crippen molar-refractivity contribution in [1.29, 1.82) is 0 Å². The highest BCUT2D eigenvalue weighted by atomic mass is 35.5. The van der Waals surface area contributed by atoms with Crippen LogP contribution in [0.25, 0.3) is 0 Å². The first-order chi connectivity index (χ1) is 7.75. The number of nitrogens with one attached hydrogen (secondary N) is 1. The molecule has 0 unspecified atom stereocenters. The van der Waals surface area contributed by atoms with Gasteiger partial charge in [0.2, 0.25) is 5.95 Å². The Morgan fingerprint density at radius 2 is 2.06 bits per heavy atom. The molecule has 2 rings (SSSR count). The summed E-state index contributed by atoms with van der Waals surface area (Å²) in [6.07, 6.45) is 1.42. The van der Waals surface area contributed by atoms with E-state index in [2.05, 4.69) is 10.3 Å². The molecule has 1 N–H and O–H groups in total. The van der Waals surface area contributed by atoms with Crippen molar-refractivity contribution in [1.82, 2.24) is 4.98 Å². The zero-order valence-corrected chi connectivity index (χ0v) is 9.21. The largest absolute Gasteiger partial charge is 0.381 e. The number of pyridine rings is 1. The molecule has 0 amide bonds. The average Bonchev–Trinajstić information content (AvgIpc) is 2.28. The minimum absolute atomic E-state index is 0.496. The summed E-state index contributed by atoms with van der Waals surface area (Å²) in [5.41, 5.74) is 1.66.